The Kier molecular flexibility index (Phi) is 5.94. The maximum Gasteiger partial charge on any atom is 0.325 e. The SMILES string of the molecule is CCOC(=O)CN(C)C(=O)C1CCN(c2ncnc3sc(C)c(C)c23)CC1. The average Bonchev–Trinajstić information content (AvgIpc) is 2.95. The predicted octanol–water partition coefficient (Wildman–Crippen LogP) is 2.55. The summed E-state index contributed by atoms with van der Waals surface area (Å²) in [4.78, 5) is 39.2. The fourth-order valence-corrected chi connectivity index (χ4v) is 4.52. The molecule has 3 rings (SSSR count). The number of thiophene rings is 1. The molecule has 7 nitrogen and oxygen atoms in total. The zero-order valence-corrected chi connectivity index (χ0v) is 17.1. The van der Waals surface area contributed by atoms with Crippen molar-refractivity contribution < 1.29 is 14.3 Å². The number of rotatable bonds is 5. The van der Waals surface area contributed by atoms with Gasteiger partial charge in [-0.15, -0.1) is 11.3 Å². The number of carbonyl (C=O) groups is 2. The minimum atomic E-state index is -0.363. The Labute approximate surface area is 163 Å². The third kappa shape index (κ3) is 4.05. The van der Waals surface area contributed by atoms with Crippen LogP contribution in [0.2, 0.25) is 0 Å². The largest absolute Gasteiger partial charge is 0.465 e. The number of ether oxygens (including phenoxy) is 1. The van der Waals surface area contributed by atoms with Gasteiger partial charge >= 0.3 is 5.97 Å². The van der Waals surface area contributed by atoms with Crippen molar-refractivity contribution in [2.75, 3.05) is 38.2 Å². The van der Waals surface area contributed by atoms with Gasteiger partial charge in [-0.3, -0.25) is 9.59 Å². The lowest BCUT2D eigenvalue weighted by atomic mass is 9.95. The molecular weight excluding hydrogens is 364 g/mol. The van der Waals surface area contributed by atoms with E-state index in [9.17, 15) is 9.59 Å². The fourth-order valence-electron chi connectivity index (χ4n) is 3.53. The molecule has 0 bridgehead atoms. The molecule has 8 heteroatoms. The van der Waals surface area contributed by atoms with E-state index in [1.807, 2.05) is 0 Å². The highest BCUT2D eigenvalue weighted by molar-refractivity contribution is 7.18. The first-order valence-corrected chi connectivity index (χ1v) is 10.1. The topological polar surface area (TPSA) is 75.6 Å². The van der Waals surface area contributed by atoms with Crippen LogP contribution < -0.4 is 4.90 Å². The van der Waals surface area contributed by atoms with Gasteiger partial charge in [0.1, 0.15) is 23.5 Å². The summed E-state index contributed by atoms with van der Waals surface area (Å²) in [5.74, 6) is 0.548. The van der Waals surface area contributed by atoms with Gasteiger partial charge in [0.05, 0.1) is 12.0 Å². The Morgan fingerprint density at radius 3 is 2.67 bits per heavy atom. The monoisotopic (exact) mass is 390 g/mol. The van der Waals surface area contributed by atoms with Crippen LogP contribution in [0.15, 0.2) is 6.33 Å². The van der Waals surface area contributed by atoms with E-state index in [2.05, 4.69) is 28.7 Å². The number of hydrogen-bond acceptors (Lipinski definition) is 7. The van der Waals surface area contributed by atoms with Crippen molar-refractivity contribution in [2.45, 2.75) is 33.6 Å². The molecule has 0 N–H and O–H groups in total. The molecule has 146 valence electrons. The van der Waals surface area contributed by atoms with E-state index in [0.717, 1.165) is 42.0 Å². The molecule has 0 radical (unpaired) electrons. The van der Waals surface area contributed by atoms with Crippen LogP contribution in [-0.4, -0.2) is 60.0 Å². The molecule has 0 spiro atoms. The van der Waals surface area contributed by atoms with Crippen molar-refractivity contribution in [1.29, 1.82) is 0 Å². The highest BCUT2D eigenvalue weighted by Gasteiger charge is 2.29. The van der Waals surface area contributed by atoms with Gasteiger partial charge in [0.2, 0.25) is 5.91 Å². The van der Waals surface area contributed by atoms with Gasteiger partial charge in [-0.05, 0) is 39.2 Å². The molecule has 0 aromatic carbocycles. The molecule has 1 saturated heterocycles. The number of anilines is 1. The number of esters is 1. The fraction of sp³-hybridized carbons (Fsp3) is 0.579. The molecule has 0 atom stereocenters. The lowest BCUT2D eigenvalue weighted by Crippen LogP contribution is -2.43. The van der Waals surface area contributed by atoms with E-state index in [1.165, 1.54) is 15.3 Å². The van der Waals surface area contributed by atoms with Gasteiger partial charge in [-0.25, -0.2) is 9.97 Å². The van der Waals surface area contributed by atoms with Gasteiger partial charge < -0.3 is 14.5 Å². The van der Waals surface area contributed by atoms with E-state index >= 15 is 0 Å². The van der Waals surface area contributed by atoms with Crippen molar-refractivity contribution in [3.05, 3.63) is 16.8 Å². The molecule has 0 saturated carbocycles. The Morgan fingerprint density at radius 1 is 1.30 bits per heavy atom. The van der Waals surface area contributed by atoms with Crippen LogP contribution in [0.3, 0.4) is 0 Å². The number of hydrogen-bond donors (Lipinski definition) is 0. The molecule has 0 aliphatic carbocycles. The van der Waals surface area contributed by atoms with Gasteiger partial charge in [0.25, 0.3) is 0 Å². The minimum Gasteiger partial charge on any atom is -0.465 e. The molecule has 1 fully saturated rings. The molecular formula is C19H26N4O3S. The van der Waals surface area contributed by atoms with Crippen molar-refractivity contribution in [3.8, 4) is 0 Å². The number of carbonyl (C=O) groups excluding carboxylic acids is 2. The van der Waals surface area contributed by atoms with Crippen LogP contribution in [0.1, 0.15) is 30.2 Å². The van der Waals surface area contributed by atoms with Crippen molar-refractivity contribution in [1.82, 2.24) is 14.9 Å². The molecule has 1 amide bonds. The van der Waals surface area contributed by atoms with E-state index in [4.69, 9.17) is 4.74 Å². The number of aromatic nitrogens is 2. The van der Waals surface area contributed by atoms with Crippen molar-refractivity contribution >= 4 is 39.2 Å². The lowest BCUT2D eigenvalue weighted by Gasteiger charge is -2.34. The summed E-state index contributed by atoms with van der Waals surface area (Å²) in [6.07, 6.45) is 3.12. The minimum absolute atomic E-state index is 0.00674. The van der Waals surface area contributed by atoms with Crippen LogP contribution in [0, 0.1) is 19.8 Å². The first-order valence-electron chi connectivity index (χ1n) is 9.28. The summed E-state index contributed by atoms with van der Waals surface area (Å²) in [6, 6.07) is 0. The van der Waals surface area contributed by atoms with Crippen LogP contribution in [-0.2, 0) is 14.3 Å². The average molecular weight is 391 g/mol. The van der Waals surface area contributed by atoms with E-state index in [-0.39, 0.29) is 24.3 Å². The van der Waals surface area contributed by atoms with Crippen molar-refractivity contribution in [2.24, 2.45) is 5.92 Å². The number of likely N-dealkylation sites (N-methyl/N-ethyl adjacent to an activating group) is 1. The Morgan fingerprint density at radius 2 is 2.00 bits per heavy atom. The van der Waals surface area contributed by atoms with Crippen LogP contribution in [0.25, 0.3) is 10.2 Å². The number of nitrogens with zero attached hydrogens (tertiary/aromatic N) is 4. The van der Waals surface area contributed by atoms with E-state index in [0.29, 0.717) is 6.61 Å². The Bertz CT molecular complexity index is 843. The maximum atomic E-state index is 12.6. The highest BCUT2D eigenvalue weighted by Crippen LogP contribution is 2.35. The maximum absolute atomic E-state index is 12.6. The van der Waals surface area contributed by atoms with Crippen LogP contribution in [0.4, 0.5) is 5.82 Å². The van der Waals surface area contributed by atoms with Gasteiger partial charge in [-0.1, -0.05) is 0 Å². The first kappa shape index (κ1) is 19.5. The molecule has 3 heterocycles. The van der Waals surface area contributed by atoms with Gasteiger partial charge in [0, 0.05) is 30.9 Å². The summed E-state index contributed by atoms with van der Waals surface area (Å²) in [5, 5.41) is 1.13. The smallest absolute Gasteiger partial charge is 0.325 e. The first-order chi connectivity index (χ1) is 12.9. The van der Waals surface area contributed by atoms with E-state index < -0.39 is 0 Å². The molecule has 27 heavy (non-hydrogen) atoms. The van der Waals surface area contributed by atoms with Gasteiger partial charge in [-0.2, -0.15) is 0 Å². The molecule has 2 aromatic rings. The normalized spacial score (nSPS) is 15.2. The van der Waals surface area contributed by atoms with E-state index in [1.54, 1.807) is 31.6 Å². The zero-order chi connectivity index (χ0) is 19.6. The third-order valence-electron chi connectivity index (χ3n) is 5.14. The Balaban J connectivity index is 1.66. The molecule has 2 aromatic heterocycles. The third-order valence-corrected chi connectivity index (χ3v) is 6.25. The van der Waals surface area contributed by atoms with Crippen LogP contribution >= 0.6 is 11.3 Å². The standard InChI is InChI=1S/C19H26N4O3S/c1-5-26-15(24)10-22(4)19(25)14-6-8-23(9-7-14)17-16-12(2)13(3)27-18(16)21-11-20-17/h11,14H,5-10H2,1-4H3. The summed E-state index contributed by atoms with van der Waals surface area (Å²) in [6.45, 7) is 7.85. The Hall–Kier alpha value is -2.22. The second-order valence-electron chi connectivity index (χ2n) is 6.92. The second kappa shape index (κ2) is 8.21. The summed E-state index contributed by atoms with van der Waals surface area (Å²) in [7, 11) is 1.66. The van der Waals surface area contributed by atoms with Crippen molar-refractivity contribution in [3.63, 3.8) is 0 Å². The number of fused-ring (bicyclic) bond motifs is 1. The molecule has 1 aliphatic heterocycles. The number of aryl methyl sites for hydroxylation is 2. The highest BCUT2D eigenvalue weighted by atomic mass is 32.1. The summed E-state index contributed by atoms with van der Waals surface area (Å²) in [5.41, 5.74) is 1.23. The predicted molar refractivity (Wildman–Crippen MR) is 106 cm³/mol. The lowest BCUT2D eigenvalue weighted by molar-refractivity contribution is -0.149. The zero-order valence-electron chi connectivity index (χ0n) is 16.3. The van der Waals surface area contributed by atoms with Crippen LogP contribution in [0.5, 0.6) is 0 Å². The molecule has 0 unspecified atom stereocenters. The second-order valence-corrected chi connectivity index (χ2v) is 8.12. The summed E-state index contributed by atoms with van der Waals surface area (Å²) < 4.78 is 4.92. The summed E-state index contributed by atoms with van der Waals surface area (Å²) >= 11 is 1.69. The molecule has 1 aliphatic rings. The van der Waals surface area contributed by atoms with Gasteiger partial charge in [0.15, 0.2) is 0 Å². The quantitative estimate of drug-likeness (QED) is 0.731. The number of piperidine rings is 1. The number of amides is 1.